The van der Waals surface area contributed by atoms with Crippen molar-refractivity contribution in [3.63, 3.8) is 0 Å². The molecular weight excluding hydrogens is 242 g/mol. The van der Waals surface area contributed by atoms with E-state index in [1.807, 2.05) is 0 Å². The van der Waals surface area contributed by atoms with Gasteiger partial charge in [0, 0.05) is 11.5 Å². The number of hydrogen-bond acceptors (Lipinski definition) is 4. The van der Waals surface area contributed by atoms with E-state index in [1.165, 1.54) is 12.8 Å². The first-order valence-electron chi connectivity index (χ1n) is 6.53. The fourth-order valence-corrected chi connectivity index (χ4v) is 2.67. The molecule has 1 N–H and O–H groups in total. The summed E-state index contributed by atoms with van der Waals surface area (Å²) in [6, 6.07) is 6.70. The Morgan fingerprint density at radius 2 is 2.11 bits per heavy atom. The zero-order chi connectivity index (χ0) is 13.2. The van der Waals surface area contributed by atoms with Crippen LogP contribution in [0.25, 0.3) is 11.5 Å². The van der Waals surface area contributed by atoms with E-state index in [0.29, 0.717) is 28.8 Å². The van der Waals surface area contributed by atoms with Crippen LogP contribution in [0, 0.1) is 0 Å². The van der Waals surface area contributed by atoms with Crippen LogP contribution in [0.4, 0.5) is 0 Å². The Hall–Kier alpha value is -2.10. The molecule has 3 rings (SSSR count). The third kappa shape index (κ3) is 2.26. The van der Waals surface area contributed by atoms with E-state index in [2.05, 4.69) is 4.98 Å². The van der Waals surface area contributed by atoms with Crippen LogP contribution in [0.5, 0.6) is 5.75 Å². The van der Waals surface area contributed by atoms with Crippen LogP contribution in [-0.4, -0.2) is 16.4 Å². The lowest BCUT2D eigenvalue weighted by atomic mass is 10.0. The standard InChI is InChI=1S/C15H15NO3/c17-9-13-14(10-4-1-2-5-10)19-15(16-13)11-6-3-7-12(18)8-11/h3,6-10,18H,1-2,4-5H2. The molecule has 0 bridgehead atoms. The van der Waals surface area contributed by atoms with Gasteiger partial charge >= 0.3 is 0 Å². The zero-order valence-corrected chi connectivity index (χ0v) is 10.5. The molecule has 0 atom stereocenters. The lowest BCUT2D eigenvalue weighted by Crippen LogP contribution is -1.94. The molecule has 98 valence electrons. The first-order valence-corrected chi connectivity index (χ1v) is 6.53. The average Bonchev–Trinajstić information content (AvgIpc) is 3.07. The minimum absolute atomic E-state index is 0.158. The van der Waals surface area contributed by atoms with Crippen molar-refractivity contribution in [2.45, 2.75) is 31.6 Å². The first-order chi connectivity index (χ1) is 9.28. The topological polar surface area (TPSA) is 63.3 Å². The van der Waals surface area contributed by atoms with Gasteiger partial charge in [0.25, 0.3) is 0 Å². The van der Waals surface area contributed by atoms with E-state index in [1.54, 1.807) is 24.3 Å². The van der Waals surface area contributed by atoms with Gasteiger partial charge in [-0.15, -0.1) is 0 Å². The van der Waals surface area contributed by atoms with E-state index < -0.39 is 0 Å². The molecule has 1 heterocycles. The molecule has 0 aliphatic heterocycles. The summed E-state index contributed by atoms with van der Waals surface area (Å²) >= 11 is 0. The van der Waals surface area contributed by atoms with Crippen LogP contribution in [-0.2, 0) is 0 Å². The monoisotopic (exact) mass is 257 g/mol. The molecular formula is C15H15NO3. The van der Waals surface area contributed by atoms with Crippen molar-refractivity contribution in [3.8, 4) is 17.2 Å². The zero-order valence-electron chi connectivity index (χ0n) is 10.5. The Morgan fingerprint density at radius 3 is 2.79 bits per heavy atom. The van der Waals surface area contributed by atoms with E-state index in [-0.39, 0.29) is 5.75 Å². The molecule has 1 saturated carbocycles. The number of phenolic OH excluding ortho intramolecular Hbond substituents is 1. The second-order valence-electron chi connectivity index (χ2n) is 4.92. The Labute approximate surface area is 111 Å². The van der Waals surface area contributed by atoms with Crippen LogP contribution in [0.3, 0.4) is 0 Å². The normalized spacial score (nSPS) is 15.8. The molecule has 4 nitrogen and oxygen atoms in total. The predicted molar refractivity (Wildman–Crippen MR) is 70.2 cm³/mol. The van der Waals surface area contributed by atoms with Crippen molar-refractivity contribution >= 4 is 6.29 Å². The van der Waals surface area contributed by atoms with Crippen molar-refractivity contribution in [2.75, 3.05) is 0 Å². The maximum atomic E-state index is 11.1. The van der Waals surface area contributed by atoms with E-state index in [0.717, 1.165) is 19.1 Å². The lowest BCUT2D eigenvalue weighted by molar-refractivity contribution is 0.111. The van der Waals surface area contributed by atoms with Gasteiger partial charge in [-0.2, -0.15) is 0 Å². The van der Waals surface area contributed by atoms with Gasteiger partial charge < -0.3 is 9.52 Å². The van der Waals surface area contributed by atoms with Gasteiger partial charge in [-0.3, -0.25) is 4.79 Å². The van der Waals surface area contributed by atoms with Crippen LogP contribution in [0.15, 0.2) is 28.7 Å². The number of hydrogen-bond donors (Lipinski definition) is 1. The van der Waals surface area contributed by atoms with Gasteiger partial charge in [0.15, 0.2) is 6.29 Å². The van der Waals surface area contributed by atoms with Crippen LogP contribution < -0.4 is 0 Å². The van der Waals surface area contributed by atoms with E-state index in [9.17, 15) is 9.90 Å². The number of phenols is 1. The number of aldehydes is 1. The van der Waals surface area contributed by atoms with Crippen LogP contribution >= 0.6 is 0 Å². The molecule has 1 fully saturated rings. The Balaban J connectivity index is 2.01. The summed E-state index contributed by atoms with van der Waals surface area (Å²) < 4.78 is 5.78. The van der Waals surface area contributed by atoms with Gasteiger partial charge in [0.1, 0.15) is 17.2 Å². The number of carbonyl (C=O) groups excluding carboxylic acids is 1. The van der Waals surface area contributed by atoms with Gasteiger partial charge in [0.05, 0.1) is 0 Å². The highest BCUT2D eigenvalue weighted by molar-refractivity contribution is 5.75. The number of oxazole rings is 1. The summed E-state index contributed by atoms with van der Waals surface area (Å²) in [4.78, 5) is 15.4. The first kappa shape index (κ1) is 12.0. The van der Waals surface area contributed by atoms with Crippen LogP contribution in [0.1, 0.15) is 47.8 Å². The molecule has 4 heteroatoms. The van der Waals surface area contributed by atoms with Gasteiger partial charge in [-0.1, -0.05) is 18.9 Å². The Kier molecular flexibility index (Phi) is 3.07. The van der Waals surface area contributed by atoms with Gasteiger partial charge in [-0.25, -0.2) is 4.98 Å². The van der Waals surface area contributed by atoms with Gasteiger partial charge in [-0.05, 0) is 31.0 Å². The van der Waals surface area contributed by atoms with Crippen molar-refractivity contribution in [3.05, 3.63) is 35.7 Å². The third-order valence-corrected chi connectivity index (χ3v) is 3.61. The molecule has 2 aromatic rings. The highest BCUT2D eigenvalue weighted by Crippen LogP contribution is 2.37. The minimum atomic E-state index is 0.158. The molecule has 0 saturated heterocycles. The summed E-state index contributed by atoms with van der Waals surface area (Å²) in [6.45, 7) is 0. The van der Waals surface area contributed by atoms with Crippen molar-refractivity contribution in [1.82, 2.24) is 4.98 Å². The number of rotatable bonds is 3. The molecule has 19 heavy (non-hydrogen) atoms. The molecule has 0 amide bonds. The van der Waals surface area contributed by atoms with Crippen LogP contribution in [0.2, 0.25) is 0 Å². The molecule has 1 aromatic carbocycles. The maximum absolute atomic E-state index is 11.1. The molecule has 0 spiro atoms. The summed E-state index contributed by atoms with van der Waals surface area (Å²) in [7, 11) is 0. The molecule has 0 radical (unpaired) electrons. The molecule has 1 aliphatic carbocycles. The SMILES string of the molecule is O=Cc1nc(-c2cccc(O)c2)oc1C1CCCC1. The average molecular weight is 257 g/mol. The van der Waals surface area contributed by atoms with Crippen molar-refractivity contribution in [1.29, 1.82) is 0 Å². The predicted octanol–water partition coefficient (Wildman–Crippen LogP) is 3.52. The summed E-state index contributed by atoms with van der Waals surface area (Å²) in [5.74, 6) is 1.57. The van der Waals surface area contributed by atoms with E-state index >= 15 is 0 Å². The second-order valence-corrected chi connectivity index (χ2v) is 4.92. The highest BCUT2D eigenvalue weighted by atomic mass is 16.4. The molecule has 0 unspecified atom stereocenters. The summed E-state index contributed by atoms with van der Waals surface area (Å²) in [6.07, 6.45) is 5.20. The van der Waals surface area contributed by atoms with Gasteiger partial charge in [0.2, 0.25) is 5.89 Å². The van der Waals surface area contributed by atoms with Crippen molar-refractivity contribution < 1.29 is 14.3 Å². The summed E-state index contributed by atoms with van der Waals surface area (Å²) in [5.41, 5.74) is 1.08. The van der Waals surface area contributed by atoms with E-state index in [4.69, 9.17) is 4.42 Å². The number of benzene rings is 1. The fraction of sp³-hybridized carbons (Fsp3) is 0.333. The third-order valence-electron chi connectivity index (χ3n) is 3.61. The molecule has 1 aliphatic rings. The highest BCUT2D eigenvalue weighted by Gasteiger charge is 2.25. The second kappa shape index (κ2) is 4.88. The number of nitrogens with zero attached hydrogens (tertiary/aromatic N) is 1. The minimum Gasteiger partial charge on any atom is -0.508 e. The number of aromatic hydroxyl groups is 1. The maximum Gasteiger partial charge on any atom is 0.227 e. The number of carbonyl (C=O) groups is 1. The Bertz CT molecular complexity index is 597. The quantitative estimate of drug-likeness (QED) is 0.854. The summed E-state index contributed by atoms with van der Waals surface area (Å²) in [5, 5.41) is 9.48. The largest absolute Gasteiger partial charge is 0.508 e. The fourth-order valence-electron chi connectivity index (χ4n) is 2.67. The lowest BCUT2D eigenvalue weighted by Gasteiger charge is -2.04. The number of aromatic nitrogens is 1. The smallest absolute Gasteiger partial charge is 0.227 e. The molecule has 1 aromatic heterocycles. The Morgan fingerprint density at radius 1 is 1.32 bits per heavy atom. The van der Waals surface area contributed by atoms with Crippen molar-refractivity contribution in [2.24, 2.45) is 0 Å².